The van der Waals surface area contributed by atoms with Crippen LogP contribution < -0.4 is 0 Å². The third kappa shape index (κ3) is 3.28. The molecule has 0 radical (unpaired) electrons. The molecular weight excluding hydrogens is 162 g/mol. The third-order valence-corrected chi connectivity index (χ3v) is 3.29. The summed E-state index contributed by atoms with van der Waals surface area (Å²) < 4.78 is 0. The highest BCUT2D eigenvalue weighted by Crippen LogP contribution is 2.29. The van der Waals surface area contributed by atoms with Gasteiger partial charge >= 0.3 is 0 Å². The molecule has 1 rings (SSSR count). The highest BCUT2D eigenvalue weighted by Gasteiger charge is 2.27. The Hall–Kier alpha value is -0.0800. The first kappa shape index (κ1) is 11.0. The van der Waals surface area contributed by atoms with Crippen molar-refractivity contribution in [2.45, 2.75) is 39.2 Å². The monoisotopic (exact) mass is 185 g/mol. The molecule has 3 unspecified atom stereocenters. The summed E-state index contributed by atoms with van der Waals surface area (Å²) >= 11 is 0. The van der Waals surface area contributed by atoms with E-state index in [2.05, 4.69) is 25.8 Å². The highest BCUT2D eigenvalue weighted by atomic mass is 16.3. The molecule has 78 valence electrons. The van der Waals surface area contributed by atoms with E-state index in [1.165, 1.54) is 12.8 Å². The molecule has 2 nitrogen and oxygen atoms in total. The summed E-state index contributed by atoms with van der Waals surface area (Å²) in [6.45, 7) is 6.60. The van der Waals surface area contributed by atoms with E-state index >= 15 is 0 Å². The molecule has 0 bridgehead atoms. The second-order valence-electron chi connectivity index (χ2n) is 4.60. The van der Waals surface area contributed by atoms with Crippen LogP contribution in [-0.2, 0) is 0 Å². The van der Waals surface area contributed by atoms with Crippen molar-refractivity contribution in [1.82, 2.24) is 4.90 Å². The van der Waals surface area contributed by atoms with Crippen LogP contribution in [0.15, 0.2) is 0 Å². The third-order valence-electron chi connectivity index (χ3n) is 3.29. The van der Waals surface area contributed by atoms with E-state index in [1.54, 1.807) is 0 Å². The maximum atomic E-state index is 9.80. The Kier molecular flexibility index (Phi) is 4.20. The molecule has 0 aromatic heterocycles. The van der Waals surface area contributed by atoms with Crippen molar-refractivity contribution in [2.24, 2.45) is 11.8 Å². The van der Waals surface area contributed by atoms with E-state index in [-0.39, 0.29) is 6.10 Å². The lowest BCUT2D eigenvalue weighted by Gasteiger charge is -2.34. The van der Waals surface area contributed by atoms with Crippen molar-refractivity contribution in [3.8, 4) is 0 Å². The first-order valence-electron chi connectivity index (χ1n) is 5.50. The summed E-state index contributed by atoms with van der Waals surface area (Å²) in [6.07, 6.45) is 3.35. The molecule has 0 aromatic rings. The summed E-state index contributed by atoms with van der Waals surface area (Å²) in [6, 6.07) is 0. The summed E-state index contributed by atoms with van der Waals surface area (Å²) in [7, 11) is 2.13. The van der Waals surface area contributed by atoms with Crippen LogP contribution in [0.3, 0.4) is 0 Å². The van der Waals surface area contributed by atoms with Crippen molar-refractivity contribution in [2.75, 3.05) is 20.1 Å². The average molecular weight is 185 g/mol. The van der Waals surface area contributed by atoms with Crippen LogP contribution in [-0.4, -0.2) is 36.2 Å². The zero-order valence-corrected chi connectivity index (χ0v) is 9.16. The van der Waals surface area contributed by atoms with Gasteiger partial charge in [0, 0.05) is 6.54 Å². The van der Waals surface area contributed by atoms with E-state index in [4.69, 9.17) is 0 Å². The van der Waals surface area contributed by atoms with Gasteiger partial charge in [0.25, 0.3) is 0 Å². The molecule has 1 N–H and O–H groups in total. The quantitative estimate of drug-likeness (QED) is 0.724. The topological polar surface area (TPSA) is 23.5 Å². The van der Waals surface area contributed by atoms with Gasteiger partial charge in [-0.05, 0) is 44.7 Å². The fraction of sp³-hybridized carbons (Fsp3) is 1.00. The molecule has 0 heterocycles. The minimum atomic E-state index is -0.0507. The lowest BCUT2D eigenvalue weighted by Crippen LogP contribution is -2.36. The minimum absolute atomic E-state index is 0.0507. The van der Waals surface area contributed by atoms with Crippen LogP contribution in [0.1, 0.15) is 33.1 Å². The van der Waals surface area contributed by atoms with Crippen molar-refractivity contribution < 1.29 is 5.11 Å². The van der Waals surface area contributed by atoms with Gasteiger partial charge in [-0.15, -0.1) is 0 Å². The molecule has 0 spiro atoms. The molecule has 1 fully saturated rings. The molecule has 1 aliphatic rings. The molecule has 0 amide bonds. The molecule has 3 atom stereocenters. The van der Waals surface area contributed by atoms with E-state index in [9.17, 15) is 5.11 Å². The first-order chi connectivity index (χ1) is 6.13. The van der Waals surface area contributed by atoms with Crippen LogP contribution >= 0.6 is 0 Å². The summed E-state index contributed by atoms with van der Waals surface area (Å²) in [5.41, 5.74) is 0. The fourth-order valence-corrected chi connectivity index (χ4v) is 2.21. The lowest BCUT2D eigenvalue weighted by atomic mass is 9.80. The predicted molar refractivity (Wildman–Crippen MR) is 55.7 cm³/mol. The number of aliphatic hydroxyl groups excluding tert-OH is 1. The number of nitrogens with zero attached hydrogens (tertiary/aromatic N) is 1. The second-order valence-corrected chi connectivity index (χ2v) is 4.60. The maximum absolute atomic E-state index is 9.80. The normalized spacial score (nSPS) is 35.3. The summed E-state index contributed by atoms with van der Waals surface area (Å²) in [5, 5.41) is 9.80. The van der Waals surface area contributed by atoms with Crippen molar-refractivity contribution in [3.05, 3.63) is 0 Å². The number of aliphatic hydroxyl groups is 1. The zero-order valence-electron chi connectivity index (χ0n) is 9.16. The molecule has 0 aromatic carbocycles. The number of hydrogen-bond donors (Lipinski definition) is 1. The van der Waals surface area contributed by atoms with Crippen LogP contribution in [0.5, 0.6) is 0 Å². The van der Waals surface area contributed by atoms with Crippen LogP contribution in [0, 0.1) is 11.8 Å². The Balaban J connectivity index is 2.37. The number of hydrogen-bond acceptors (Lipinski definition) is 2. The van der Waals surface area contributed by atoms with E-state index < -0.39 is 0 Å². The van der Waals surface area contributed by atoms with Crippen molar-refractivity contribution in [3.63, 3.8) is 0 Å². The second kappa shape index (κ2) is 4.97. The molecule has 13 heavy (non-hydrogen) atoms. The van der Waals surface area contributed by atoms with Gasteiger partial charge in [0.05, 0.1) is 6.10 Å². The molecule has 0 aliphatic heterocycles. The largest absolute Gasteiger partial charge is 0.393 e. The SMILES string of the molecule is CCN(C)CC1CC(C)CCC1O. The molecule has 1 saturated carbocycles. The Labute approximate surface area is 81.9 Å². The Morgan fingerprint density at radius 2 is 2.08 bits per heavy atom. The van der Waals surface area contributed by atoms with Crippen LogP contribution in [0.2, 0.25) is 0 Å². The predicted octanol–water partition coefficient (Wildman–Crippen LogP) is 1.74. The van der Waals surface area contributed by atoms with Gasteiger partial charge in [-0.3, -0.25) is 0 Å². The standard InChI is InChI=1S/C11H23NO/c1-4-12(3)8-10-7-9(2)5-6-11(10)13/h9-11,13H,4-8H2,1-3H3. The van der Waals surface area contributed by atoms with Gasteiger partial charge in [-0.2, -0.15) is 0 Å². The molecule has 1 aliphatic carbocycles. The smallest absolute Gasteiger partial charge is 0.0580 e. The van der Waals surface area contributed by atoms with Crippen LogP contribution in [0.25, 0.3) is 0 Å². The molecular formula is C11H23NO. The average Bonchev–Trinajstić information content (AvgIpc) is 2.11. The Morgan fingerprint density at radius 3 is 2.69 bits per heavy atom. The van der Waals surface area contributed by atoms with Gasteiger partial charge in [-0.1, -0.05) is 13.8 Å². The zero-order chi connectivity index (χ0) is 9.84. The highest BCUT2D eigenvalue weighted by molar-refractivity contribution is 4.79. The first-order valence-corrected chi connectivity index (χ1v) is 5.50. The van der Waals surface area contributed by atoms with E-state index in [0.717, 1.165) is 25.4 Å². The maximum Gasteiger partial charge on any atom is 0.0580 e. The van der Waals surface area contributed by atoms with E-state index in [1.807, 2.05) is 0 Å². The minimum Gasteiger partial charge on any atom is -0.393 e. The van der Waals surface area contributed by atoms with Gasteiger partial charge in [0.15, 0.2) is 0 Å². The Morgan fingerprint density at radius 1 is 1.38 bits per heavy atom. The number of rotatable bonds is 3. The summed E-state index contributed by atoms with van der Waals surface area (Å²) in [4.78, 5) is 2.30. The molecule has 2 heteroatoms. The van der Waals surface area contributed by atoms with Crippen LogP contribution in [0.4, 0.5) is 0 Å². The van der Waals surface area contributed by atoms with Crippen molar-refractivity contribution >= 4 is 0 Å². The lowest BCUT2D eigenvalue weighted by molar-refractivity contribution is 0.0357. The van der Waals surface area contributed by atoms with E-state index in [0.29, 0.717) is 5.92 Å². The van der Waals surface area contributed by atoms with Gasteiger partial charge in [0.1, 0.15) is 0 Å². The summed E-state index contributed by atoms with van der Waals surface area (Å²) in [5.74, 6) is 1.31. The van der Waals surface area contributed by atoms with Gasteiger partial charge < -0.3 is 10.0 Å². The fourth-order valence-electron chi connectivity index (χ4n) is 2.21. The Bertz CT molecular complexity index is 149. The van der Waals surface area contributed by atoms with Gasteiger partial charge in [-0.25, -0.2) is 0 Å². The van der Waals surface area contributed by atoms with Gasteiger partial charge in [0.2, 0.25) is 0 Å². The van der Waals surface area contributed by atoms with Crippen molar-refractivity contribution in [1.29, 1.82) is 0 Å². The molecule has 0 saturated heterocycles.